The van der Waals surface area contributed by atoms with Gasteiger partial charge in [-0.1, -0.05) is 42.5 Å². The zero-order valence-electron chi connectivity index (χ0n) is 16.4. The van der Waals surface area contributed by atoms with Crippen molar-refractivity contribution in [3.8, 4) is 28.2 Å². The summed E-state index contributed by atoms with van der Waals surface area (Å²) < 4.78 is 50.9. The maximum absolute atomic E-state index is 13.2. The first-order valence-corrected chi connectivity index (χ1v) is 9.49. The monoisotopic (exact) mass is 426 g/mol. The van der Waals surface area contributed by atoms with Crippen LogP contribution in [0.25, 0.3) is 33.4 Å². The number of halogens is 3. The highest BCUT2D eigenvalue weighted by atomic mass is 19.4. The summed E-state index contributed by atoms with van der Waals surface area (Å²) in [5.74, 6) is -0.653. The van der Waals surface area contributed by atoms with Crippen LogP contribution in [0.3, 0.4) is 0 Å². The Morgan fingerprint density at radius 2 is 1.71 bits per heavy atom. The summed E-state index contributed by atoms with van der Waals surface area (Å²) in [4.78, 5) is 12.7. The van der Waals surface area contributed by atoms with Gasteiger partial charge in [0.1, 0.15) is 22.7 Å². The van der Waals surface area contributed by atoms with Crippen LogP contribution in [0.5, 0.6) is 5.75 Å². The minimum Gasteiger partial charge on any atom is -0.508 e. The number of fused-ring (bicyclic) bond motifs is 1. The molecule has 1 aromatic heterocycles. The Bertz CT molecular complexity index is 1260. The van der Waals surface area contributed by atoms with Gasteiger partial charge in [0.05, 0.1) is 12.2 Å². The minimum absolute atomic E-state index is 0.104. The van der Waals surface area contributed by atoms with Gasteiger partial charge in [-0.2, -0.15) is 13.2 Å². The molecule has 0 aliphatic rings. The SMILES string of the molecule is CCOC(=O)c1c(-c2ccccc2)oc2c(-c3cccc(C(F)(F)F)c3)cc(O)cc12. The normalized spacial score (nSPS) is 11.6. The van der Waals surface area contributed by atoms with Gasteiger partial charge < -0.3 is 14.3 Å². The predicted octanol–water partition coefficient (Wildman–Crippen LogP) is 6.67. The predicted molar refractivity (Wildman–Crippen MR) is 110 cm³/mol. The van der Waals surface area contributed by atoms with Gasteiger partial charge >= 0.3 is 12.1 Å². The lowest BCUT2D eigenvalue weighted by atomic mass is 9.98. The number of alkyl halides is 3. The minimum atomic E-state index is -4.53. The third-order valence-corrected chi connectivity index (χ3v) is 4.79. The molecule has 0 aliphatic carbocycles. The molecule has 0 aliphatic heterocycles. The molecule has 0 radical (unpaired) electrons. The Hall–Kier alpha value is -3.74. The van der Waals surface area contributed by atoms with E-state index < -0.39 is 17.7 Å². The first kappa shape index (κ1) is 20.5. The number of esters is 1. The molecule has 7 heteroatoms. The summed E-state index contributed by atoms with van der Waals surface area (Å²) >= 11 is 0. The fraction of sp³-hybridized carbons (Fsp3) is 0.125. The van der Waals surface area contributed by atoms with Gasteiger partial charge in [0.25, 0.3) is 0 Å². The van der Waals surface area contributed by atoms with Crippen LogP contribution in [0.1, 0.15) is 22.8 Å². The number of phenolic OH excluding ortho intramolecular Hbond substituents is 1. The van der Waals surface area contributed by atoms with E-state index in [4.69, 9.17) is 9.15 Å². The Balaban J connectivity index is 2.02. The molecule has 0 bridgehead atoms. The van der Waals surface area contributed by atoms with E-state index in [9.17, 15) is 23.1 Å². The summed E-state index contributed by atoms with van der Waals surface area (Å²) in [5.41, 5.74) is 0.470. The Morgan fingerprint density at radius 3 is 2.39 bits per heavy atom. The second-order valence-electron chi connectivity index (χ2n) is 6.84. The number of benzene rings is 3. The highest BCUT2D eigenvalue weighted by molar-refractivity contribution is 6.12. The fourth-order valence-corrected chi connectivity index (χ4v) is 3.46. The third-order valence-electron chi connectivity index (χ3n) is 4.79. The number of carbonyl (C=O) groups excluding carboxylic acids is 1. The van der Waals surface area contributed by atoms with Crippen molar-refractivity contribution in [1.82, 2.24) is 0 Å². The topological polar surface area (TPSA) is 59.7 Å². The summed E-state index contributed by atoms with van der Waals surface area (Å²) in [6, 6.07) is 16.2. The number of hydrogen-bond donors (Lipinski definition) is 1. The van der Waals surface area contributed by atoms with Gasteiger partial charge in [0.2, 0.25) is 0 Å². The number of furan rings is 1. The summed E-state index contributed by atoms with van der Waals surface area (Å²) in [6.07, 6.45) is -4.53. The van der Waals surface area contributed by atoms with Gasteiger partial charge in [-0.25, -0.2) is 4.79 Å². The first-order chi connectivity index (χ1) is 14.8. The maximum atomic E-state index is 13.2. The van der Waals surface area contributed by atoms with Crippen molar-refractivity contribution in [3.05, 3.63) is 77.9 Å². The molecule has 158 valence electrons. The molecule has 0 unspecified atom stereocenters. The average Bonchev–Trinajstić information content (AvgIpc) is 3.13. The Morgan fingerprint density at radius 1 is 1.00 bits per heavy atom. The third kappa shape index (κ3) is 3.86. The zero-order valence-corrected chi connectivity index (χ0v) is 16.4. The van der Waals surface area contributed by atoms with Crippen LogP contribution in [-0.4, -0.2) is 17.7 Å². The van der Waals surface area contributed by atoms with Crippen molar-refractivity contribution < 1.29 is 32.2 Å². The fourth-order valence-electron chi connectivity index (χ4n) is 3.46. The molecular formula is C24H17F3O4. The summed E-state index contributed by atoms with van der Waals surface area (Å²) in [7, 11) is 0. The van der Waals surface area contributed by atoms with Crippen LogP contribution >= 0.6 is 0 Å². The molecule has 4 rings (SSSR count). The molecule has 0 amide bonds. The maximum Gasteiger partial charge on any atom is 0.416 e. The molecule has 3 aromatic carbocycles. The van der Waals surface area contributed by atoms with Gasteiger partial charge in [0, 0.05) is 16.5 Å². The number of aromatic hydroxyl groups is 1. The number of phenols is 1. The highest BCUT2D eigenvalue weighted by Crippen LogP contribution is 2.42. The van der Waals surface area contributed by atoms with Crippen LogP contribution in [-0.2, 0) is 10.9 Å². The van der Waals surface area contributed by atoms with E-state index in [-0.39, 0.29) is 45.8 Å². The lowest BCUT2D eigenvalue weighted by Crippen LogP contribution is -2.05. The molecule has 0 atom stereocenters. The standard InChI is InChI=1S/C24H17F3O4/c1-2-30-23(29)20-19-13-17(28)12-18(15-9-6-10-16(11-15)24(25,26)27)22(19)31-21(20)14-7-4-3-5-8-14/h3-13,28H,2H2,1H3. The van der Waals surface area contributed by atoms with Crippen molar-refractivity contribution in [1.29, 1.82) is 0 Å². The Labute approximate surface area is 175 Å². The van der Waals surface area contributed by atoms with Gasteiger partial charge in [-0.3, -0.25) is 0 Å². The van der Waals surface area contributed by atoms with E-state index in [0.29, 0.717) is 5.56 Å². The highest BCUT2D eigenvalue weighted by Gasteiger charge is 2.31. The molecule has 4 nitrogen and oxygen atoms in total. The largest absolute Gasteiger partial charge is 0.508 e. The molecule has 1 N–H and O–H groups in total. The number of rotatable bonds is 4. The van der Waals surface area contributed by atoms with E-state index in [2.05, 4.69) is 0 Å². The second kappa shape index (κ2) is 7.83. The molecular weight excluding hydrogens is 409 g/mol. The van der Waals surface area contributed by atoms with Crippen LogP contribution in [0.2, 0.25) is 0 Å². The van der Waals surface area contributed by atoms with Crippen molar-refractivity contribution in [2.75, 3.05) is 6.61 Å². The van der Waals surface area contributed by atoms with E-state index in [0.717, 1.165) is 12.1 Å². The molecule has 0 saturated heterocycles. The van der Waals surface area contributed by atoms with Gasteiger partial charge in [0.15, 0.2) is 0 Å². The number of hydrogen-bond acceptors (Lipinski definition) is 4. The molecule has 0 spiro atoms. The second-order valence-corrected chi connectivity index (χ2v) is 6.84. The van der Waals surface area contributed by atoms with Crippen molar-refractivity contribution >= 4 is 16.9 Å². The van der Waals surface area contributed by atoms with Gasteiger partial charge in [-0.15, -0.1) is 0 Å². The van der Waals surface area contributed by atoms with Crippen LogP contribution in [0.4, 0.5) is 13.2 Å². The first-order valence-electron chi connectivity index (χ1n) is 9.49. The van der Waals surface area contributed by atoms with Crippen molar-refractivity contribution in [3.63, 3.8) is 0 Å². The average molecular weight is 426 g/mol. The van der Waals surface area contributed by atoms with E-state index in [1.54, 1.807) is 37.3 Å². The Kier molecular flexibility index (Phi) is 5.19. The summed E-state index contributed by atoms with van der Waals surface area (Å²) in [6.45, 7) is 1.78. The molecule has 0 fully saturated rings. The van der Waals surface area contributed by atoms with Crippen molar-refractivity contribution in [2.24, 2.45) is 0 Å². The summed E-state index contributed by atoms with van der Waals surface area (Å²) in [5, 5.41) is 10.6. The molecule has 0 saturated carbocycles. The van der Waals surface area contributed by atoms with Gasteiger partial charge in [-0.05, 0) is 36.8 Å². The molecule has 4 aromatic rings. The van der Waals surface area contributed by atoms with Crippen molar-refractivity contribution in [2.45, 2.75) is 13.1 Å². The number of carbonyl (C=O) groups is 1. The van der Waals surface area contributed by atoms with Crippen LogP contribution < -0.4 is 0 Å². The lowest BCUT2D eigenvalue weighted by Gasteiger charge is -2.09. The zero-order chi connectivity index (χ0) is 22.2. The molecule has 31 heavy (non-hydrogen) atoms. The van der Waals surface area contributed by atoms with Crippen LogP contribution in [0, 0.1) is 0 Å². The van der Waals surface area contributed by atoms with E-state index in [1.165, 1.54) is 24.3 Å². The molecule has 1 heterocycles. The van der Waals surface area contributed by atoms with E-state index >= 15 is 0 Å². The smallest absolute Gasteiger partial charge is 0.416 e. The lowest BCUT2D eigenvalue weighted by molar-refractivity contribution is -0.137. The quantitative estimate of drug-likeness (QED) is 0.370. The van der Waals surface area contributed by atoms with Crippen LogP contribution in [0.15, 0.2) is 71.1 Å². The number of ether oxygens (including phenoxy) is 1. The van der Waals surface area contributed by atoms with E-state index in [1.807, 2.05) is 0 Å².